The van der Waals surface area contributed by atoms with Crippen molar-refractivity contribution in [2.75, 3.05) is 7.05 Å². The number of H-pyrrole nitrogens is 1. The van der Waals surface area contributed by atoms with Crippen molar-refractivity contribution in [1.82, 2.24) is 20.1 Å². The third-order valence-corrected chi connectivity index (χ3v) is 2.85. The largest absolute Gasteiger partial charge is 0.334 e. The number of benzene rings is 1. The lowest BCUT2D eigenvalue weighted by atomic mass is 10.1. The fraction of sp³-hybridized carbons (Fsp3) is 0.308. The van der Waals surface area contributed by atoms with Crippen molar-refractivity contribution in [3.63, 3.8) is 0 Å². The van der Waals surface area contributed by atoms with Crippen LogP contribution in [0.2, 0.25) is 0 Å². The molecular formula is C13H14F2N4O. The molecule has 0 aliphatic rings. The Morgan fingerprint density at radius 2 is 2.00 bits per heavy atom. The van der Waals surface area contributed by atoms with Crippen molar-refractivity contribution in [2.45, 2.75) is 20.4 Å². The monoisotopic (exact) mass is 280 g/mol. The molecule has 1 heterocycles. The zero-order valence-corrected chi connectivity index (χ0v) is 11.4. The number of nitrogens with one attached hydrogen (secondary N) is 1. The van der Waals surface area contributed by atoms with Crippen LogP contribution in [0.1, 0.15) is 27.6 Å². The highest BCUT2D eigenvalue weighted by Gasteiger charge is 2.19. The maximum atomic E-state index is 13.7. The molecule has 1 aromatic carbocycles. The smallest absolute Gasteiger partial charge is 0.256 e. The molecular weight excluding hydrogens is 266 g/mol. The number of aromatic nitrogens is 3. The van der Waals surface area contributed by atoms with Crippen LogP contribution in [-0.4, -0.2) is 33.0 Å². The number of hydrogen-bond donors (Lipinski definition) is 1. The number of amides is 1. The summed E-state index contributed by atoms with van der Waals surface area (Å²) in [4.78, 5) is 17.5. The highest BCUT2D eigenvalue weighted by molar-refractivity contribution is 5.94. The van der Waals surface area contributed by atoms with E-state index in [0.717, 1.165) is 0 Å². The van der Waals surface area contributed by atoms with E-state index in [0.29, 0.717) is 17.7 Å². The van der Waals surface area contributed by atoms with E-state index in [1.165, 1.54) is 24.9 Å². The molecule has 0 aliphatic carbocycles. The summed E-state index contributed by atoms with van der Waals surface area (Å²) < 4.78 is 26.8. The van der Waals surface area contributed by atoms with E-state index in [4.69, 9.17) is 0 Å². The molecule has 20 heavy (non-hydrogen) atoms. The van der Waals surface area contributed by atoms with E-state index in [1.807, 2.05) is 0 Å². The van der Waals surface area contributed by atoms with E-state index in [-0.39, 0.29) is 17.7 Å². The number of hydrogen-bond acceptors (Lipinski definition) is 3. The van der Waals surface area contributed by atoms with Crippen LogP contribution in [0.3, 0.4) is 0 Å². The predicted molar refractivity (Wildman–Crippen MR) is 68.0 cm³/mol. The van der Waals surface area contributed by atoms with Crippen LogP contribution in [-0.2, 0) is 6.54 Å². The average molecular weight is 280 g/mol. The van der Waals surface area contributed by atoms with Gasteiger partial charge in [-0.2, -0.15) is 5.10 Å². The number of rotatable bonds is 3. The van der Waals surface area contributed by atoms with E-state index in [2.05, 4.69) is 15.2 Å². The highest BCUT2D eigenvalue weighted by atomic mass is 19.1. The van der Waals surface area contributed by atoms with Gasteiger partial charge in [0.1, 0.15) is 17.5 Å². The van der Waals surface area contributed by atoms with Gasteiger partial charge in [0.15, 0.2) is 5.82 Å². The minimum atomic E-state index is -0.879. The van der Waals surface area contributed by atoms with Crippen LogP contribution in [0, 0.1) is 25.5 Å². The first-order chi connectivity index (χ1) is 9.38. The van der Waals surface area contributed by atoms with Gasteiger partial charge in [-0.3, -0.25) is 9.89 Å². The molecule has 0 saturated heterocycles. The zero-order chi connectivity index (χ0) is 14.9. The van der Waals surface area contributed by atoms with Crippen LogP contribution in [0.5, 0.6) is 0 Å². The standard InChI is InChI=1S/C13H14F2N4O/c1-7-4-9(11(15)5-10(7)14)13(20)19(3)6-12-16-8(2)17-18-12/h4-5H,6H2,1-3H3,(H,16,17,18). The number of aryl methyl sites for hydroxylation is 2. The Morgan fingerprint density at radius 3 is 2.60 bits per heavy atom. The van der Waals surface area contributed by atoms with Crippen molar-refractivity contribution < 1.29 is 13.6 Å². The number of carbonyl (C=O) groups excluding carboxylic acids is 1. The minimum Gasteiger partial charge on any atom is -0.334 e. The molecule has 0 saturated carbocycles. The van der Waals surface area contributed by atoms with Gasteiger partial charge >= 0.3 is 0 Å². The van der Waals surface area contributed by atoms with Crippen molar-refractivity contribution in [1.29, 1.82) is 0 Å². The molecule has 0 fully saturated rings. The Labute approximate surface area is 114 Å². The fourth-order valence-corrected chi connectivity index (χ4v) is 1.77. The molecule has 7 heteroatoms. The van der Waals surface area contributed by atoms with Gasteiger partial charge in [-0.1, -0.05) is 0 Å². The molecule has 0 radical (unpaired) electrons. The Bertz CT molecular complexity index is 654. The molecule has 0 aliphatic heterocycles. The normalized spacial score (nSPS) is 10.7. The summed E-state index contributed by atoms with van der Waals surface area (Å²) in [5.74, 6) is -1.04. The van der Waals surface area contributed by atoms with Gasteiger partial charge in [0.2, 0.25) is 0 Å². The molecule has 0 atom stereocenters. The molecule has 5 nitrogen and oxygen atoms in total. The van der Waals surface area contributed by atoms with E-state index >= 15 is 0 Å². The molecule has 1 N–H and O–H groups in total. The number of aromatic amines is 1. The second-order valence-electron chi connectivity index (χ2n) is 4.58. The predicted octanol–water partition coefficient (Wildman–Crippen LogP) is 1.97. The lowest BCUT2D eigenvalue weighted by Crippen LogP contribution is -2.27. The summed E-state index contributed by atoms with van der Waals surface area (Å²) in [6, 6.07) is 1.92. The Kier molecular flexibility index (Phi) is 3.78. The van der Waals surface area contributed by atoms with Crippen molar-refractivity contribution in [3.05, 3.63) is 46.5 Å². The molecule has 0 spiro atoms. The summed E-state index contributed by atoms with van der Waals surface area (Å²) >= 11 is 0. The van der Waals surface area contributed by atoms with Gasteiger partial charge < -0.3 is 4.90 Å². The number of carbonyl (C=O) groups is 1. The van der Waals surface area contributed by atoms with Crippen LogP contribution < -0.4 is 0 Å². The SMILES string of the molecule is Cc1nc(CN(C)C(=O)c2cc(C)c(F)cc2F)n[nH]1. The van der Waals surface area contributed by atoms with Gasteiger partial charge in [0.25, 0.3) is 5.91 Å². The zero-order valence-electron chi connectivity index (χ0n) is 11.4. The molecule has 106 valence electrons. The second-order valence-corrected chi connectivity index (χ2v) is 4.58. The molecule has 0 bridgehead atoms. The molecule has 2 rings (SSSR count). The third-order valence-electron chi connectivity index (χ3n) is 2.85. The molecule has 1 aromatic heterocycles. The van der Waals surface area contributed by atoms with E-state index < -0.39 is 17.5 Å². The Morgan fingerprint density at radius 1 is 1.30 bits per heavy atom. The van der Waals surface area contributed by atoms with Crippen molar-refractivity contribution in [3.8, 4) is 0 Å². The second kappa shape index (κ2) is 5.36. The van der Waals surface area contributed by atoms with Gasteiger partial charge in [0, 0.05) is 13.1 Å². The molecule has 0 unspecified atom stereocenters. The summed E-state index contributed by atoms with van der Waals surface area (Å²) in [5, 5.41) is 6.56. The van der Waals surface area contributed by atoms with E-state index in [1.54, 1.807) is 6.92 Å². The maximum Gasteiger partial charge on any atom is 0.256 e. The third kappa shape index (κ3) is 2.81. The fourth-order valence-electron chi connectivity index (χ4n) is 1.77. The minimum absolute atomic E-state index is 0.138. The molecule has 2 aromatic rings. The van der Waals surface area contributed by atoms with Gasteiger partial charge in [-0.25, -0.2) is 13.8 Å². The topological polar surface area (TPSA) is 61.9 Å². The van der Waals surface area contributed by atoms with Gasteiger partial charge in [-0.05, 0) is 25.5 Å². The highest BCUT2D eigenvalue weighted by Crippen LogP contribution is 2.16. The average Bonchev–Trinajstić information content (AvgIpc) is 2.78. The summed E-state index contributed by atoms with van der Waals surface area (Å²) in [6.07, 6.45) is 0. The lowest BCUT2D eigenvalue weighted by Gasteiger charge is -2.16. The first-order valence-electron chi connectivity index (χ1n) is 5.97. The first-order valence-corrected chi connectivity index (χ1v) is 5.97. The van der Waals surface area contributed by atoms with Crippen LogP contribution >= 0.6 is 0 Å². The van der Waals surface area contributed by atoms with Gasteiger partial charge in [0.05, 0.1) is 12.1 Å². The number of nitrogens with zero attached hydrogens (tertiary/aromatic N) is 3. The maximum absolute atomic E-state index is 13.7. The van der Waals surface area contributed by atoms with Crippen LogP contribution in [0.4, 0.5) is 8.78 Å². The molecule has 1 amide bonds. The summed E-state index contributed by atoms with van der Waals surface area (Å²) in [5.41, 5.74) is 0.0514. The summed E-state index contributed by atoms with van der Waals surface area (Å²) in [7, 11) is 1.51. The number of halogens is 2. The van der Waals surface area contributed by atoms with Gasteiger partial charge in [-0.15, -0.1) is 0 Å². The van der Waals surface area contributed by atoms with Crippen molar-refractivity contribution in [2.24, 2.45) is 0 Å². The van der Waals surface area contributed by atoms with Crippen molar-refractivity contribution >= 4 is 5.91 Å². The quantitative estimate of drug-likeness (QED) is 0.935. The van der Waals surface area contributed by atoms with Crippen LogP contribution in [0.15, 0.2) is 12.1 Å². The Balaban J connectivity index is 2.20. The van der Waals surface area contributed by atoms with E-state index in [9.17, 15) is 13.6 Å². The first kappa shape index (κ1) is 14.1. The lowest BCUT2D eigenvalue weighted by molar-refractivity contribution is 0.0776. The Hall–Kier alpha value is -2.31. The van der Waals surface area contributed by atoms with Crippen LogP contribution in [0.25, 0.3) is 0 Å². The summed E-state index contributed by atoms with van der Waals surface area (Å²) in [6.45, 7) is 3.35.